The van der Waals surface area contributed by atoms with Crippen molar-refractivity contribution in [2.45, 2.75) is 67.5 Å². The van der Waals surface area contributed by atoms with Crippen LogP contribution in [0.5, 0.6) is 0 Å². The van der Waals surface area contributed by atoms with E-state index >= 15 is 0 Å². The van der Waals surface area contributed by atoms with Gasteiger partial charge < -0.3 is 47.3 Å². The van der Waals surface area contributed by atoms with E-state index in [2.05, 4.69) is 55.2 Å². The molecular formula is C70H64Cl3LiN12O11. The number of carbonyl (C=O) groups excluding carboxylic acids is 4. The first kappa shape index (κ1) is 75.5. The van der Waals surface area contributed by atoms with E-state index in [9.17, 15) is 39.0 Å². The zero-order valence-electron chi connectivity index (χ0n) is 52.8. The number of fused-ring (bicyclic) bond motifs is 3. The number of hydrogen-bond acceptors (Lipinski definition) is 19. The Balaban J connectivity index is 0.000000230. The molecule has 3 aromatic carbocycles. The number of esters is 2. The molecule has 0 bridgehead atoms. The standard InChI is InChI=1S/C26H24ClN5O3.C25H22ClN5O3.C18H13ClN2O4.CH4.Li.H2O/c1-14-6-24(28)31-15(2)21(14)13-30-25(33)18-10-20(32-23(11-18)26(34)35-3)8-16-4-5-22-17(7-16)9-19(27)12-29-22;1-13-5-23(27)30-14(2)20(13)12-29-24(32)17-9-19(31-22(10-17)25(33)34)7-15-3-4-21-16(6-15)8-18(26)11-28-21;1-25-18(24)16-8-12(17(22)23)7-14(21-16)5-10-2-3-15-11(4-10)6-13(19)9-20-15;;;/h4-7,9-12H,8,13H2,1-3H3,(H2,28,31)(H,30,33);3-6,8-11H,7,12H2,1-2H3,(H2,27,30)(H,29,32)(H,33,34);2-4,6-9H,5H2,1H3,(H,22,23);1H4;;1H2/q;;;;+1;/p-1. The number of rotatable bonds is 16. The quantitative estimate of drug-likeness (QED) is 0.0388. The number of halogens is 3. The molecule has 11 aromatic rings. The average molecular weight is 1360 g/mol. The van der Waals surface area contributed by atoms with Gasteiger partial charge in [0.25, 0.3) is 11.8 Å². The maximum absolute atomic E-state index is 13.0. The number of nitrogens with zero attached hydrogens (tertiary/aromatic N) is 8. The summed E-state index contributed by atoms with van der Waals surface area (Å²) in [5.41, 5.74) is 23.5. The molecule has 8 heterocycles. The summed E-state index contributed by atoms with van der Waals surface area (Å²) in [7, 11) is 2.49. The fourth-order valence-corrected chi connectivity index (χ4v) is 10.7. The Hall–Kier alpha value is -10.5. The number of nitrogens with one attached hydrogen (secondary N) is 2. The van der Waals surface area contributed by atoms with E-state index in [4.69, 9.17) is 51.0 Å². The first-order chi connectivity index (χ1) is 44.9. The fourth-order valence-electron chi connectivity index (χ4n) is 10.2. The fraction of sp³-hybridized carbons (Fsp3) is 0.171. The van der Waals surface area contributed by atoms with E-state index in [1.54, 1.807) is 48.9 Å². The molecule has 27 heteroatoms. The first-order valence-electron chi connectivity index (χ1n) is 28.7. The van der Waals surface area contributed by atoms with Crippen LogP contribution in [0.25, 0.3) is 32.7 Å². The van der Waals surface area contributed by atoms with Crippen LogP contribution in [0.3, 0.4) is 0 Å². The molecule has 23 nitrogen and oxygen atoms in total. The van der Waals surface area contributed by atoms with Gasteiger partial charge >= 0.3 is 42.7 Å². The molecule has 0 aliphatic rings. The predicted molar refractivity (Wildman–Crippen MR) is 365 cm³/mol. The van der Waals surface area contributed by atoms with Crippen LogP contribution < -0.4 is 41.0 Å². The summed E-state index contributed by atoms with van der Waals surface area (Å²) >= 11 is 18.1. The van der Waals surface area contributed by atoms with Crippen molar-refractivity contribution in [1.82, 2.24) is 50.5 Å². The third-order valence-corrected chi connectivity index (χ3v) is 15.3. The van der Waals surface area contributed by atoms with E-state index < -0.39 is 29.8 Å². The Kier molecular flexibility index (Phi) is 26.3. The minimum absolute atomic E-state index is 0. The molecule has 97 heavy (non-hydrogen) atoms. The molecule has 2 amide bonds. The van der Waals surface area contributed by atoms with Crippen LogP contribution in [0.2, 0.25) is 15.1 Å². The van der Waals surface area contributed by atoms with E-state index in [1.807, 2.05) is 94.4 Å². The Morgan fingerprint density at radius 3 is 1.11 bits per heavy atom. The smallest absolute Gasteiger partial charge is 0.870 e. The van der Waals surface area contributed by atoms with Gasteiger partial charge in [-0.2, -0.15) is 0 Å². The van der Waals surface area contributed by atoms with Gasteiger partial charge in [-0.05, 0) is 170 Å². The van der Waals surface area contributed by atoms with E-state index in [1.165, 1.54) is 38.5 Å². The van der Waals surface area contributed by atoms with Gasteiger partial charge in [-0.1, -0.05) is 60.4 Å². The molecule has 492 valence electrons. The first-order valence-corrected chi connectivity index (χ1v) is 29.8. The van der Waals surface area contributed by atoms with Crippen LogP contribution in [0.4, 0.5) is 11.6 Å². The number of aryl methyl sites for hydroxylation is 4. The van der Waals surface area contributed by atoms with Gasteiger partial charge in [0.1, 0.15) is 28.7 Å². The van der Waals surface area contributed by atoms with E-state index in [0.29, 0.717) is 68.6 Å². The van der Waals surface area contributed by atoms with Crippen LogP contribution >= 0.6 is 34.8 Å². The number of aromatic carboxylic acids is 2. The van der Waals surface area contributed by atoms with Crippen molar-refractivity contribution in [2.24, 2.45) is 0 Å². The number of aromatic nitrogens is 8. The zero-order chi connectivity index (χ0) is 67.5. The number of hydrogen-bond donors (Lipinski definition) is 6. The normalized spacial score (nSPS) is 10.5. The molecule has 0 spiro atoms. The van der Waals surface area contributed by atoms with Crippen molar-refractivity contribution < 1.29 is 72.8 Å². The molecule has 0 saturated carbocycles. The van der Waals surface area contributed by atoms with E-state index in [0.717, 1.165) is 83.0 Å². The van der Waals surface area contributed by atoms with Crippen molar-refractivity contribution in [3.63, 3.8) is 0 Å². The second-order valence-electron chi connectivity index (χ2n) is 21.6. The molecule has 0 radical (unpaired) electrons. The SMILES string of the molecule is C.COC(=O)c1cc(C(=O)NCc2c(C)cc(N)nc2C)cc(Cc2ccc3ncc(Cl)cc3c2)n1.COC(=O)c1cc(C(=O)O)cc(Cc2ccc3ncc(Cl)cc3c2)n1.Cc1cc(N)nc(C)c1CNC(=O)c1cc(Cc2ccc3ncc(Cl)cc3c2)nc(C(=O)O)c1.[Li+].[OH-]. The van der Waals surface area contributed by atoms with Gasteiger partial charge in [0, 0.05) is 107 Å². The summed E-state index contributed by atoms with van der Waals surface area (Å²) in [6.07, 6.45) is 5.84. The van der Waals surface area contributed by atoms with Gasteiger partial charge in [0.05, 0.1) is 51.4 Å². The van der Waals surface area contributed by atoms with Crippen LogP contribution in [0, 0.1) is 27.7 Å². The Bertz CT molecular complexity index is 4790. The monoisotopic (exact) mass is 1360 g/mol. The van der Waals surface area contributed by atoms with Crippen molar-refractivity contribution in [2.75, 3.05) is 25.7 Å². The molecular weight excluding hydrogens is 1300 g/mol. The number of carboxylic acid groups (broad SMARTS) is 2. The number of methoxy groups -OCH3 is 2. The summed E-state index contributed by atoms with van der Waals surface area (Å²) in [6, 6.07) is 34.6. The molecule has 0 aliphatic carbocycles. The van der Waals surface area contributed by atoms with Gasteiger partial charge in [0.15, 0.2) is 0 Å². The minimum atomic E-state index is -1.21. The summed E-state index contributed by atoms with van der Waals surface area (Å²) < 4.78 is 9.47. The number of nitrogen functional groups attached to an aromatic ring is 2. The van der Waals surface area contributed by atoms with Gasteiger partial charge in [-0.25, -0.2) is 44.1 Å². The third-order valence-electron chi connectivity index (χ3n) is 14.7. The molecule has 0 aliphatic heterocycles. The Morgan fingerprint density at radius 1 is 0.454 bits per heavy atom. The van der Waals surface area contributed by atoms with Crippen LogP contribution in [0.15, 0.2) is 140 Å². The Morgan fingerprint density at radius 2 is 0.784 bits per heavy atom. The summed E-state index contributed by atoms with van der Waals surface area (Å²) in [4.78, 5) is 107. The van der Waals surface area contributed by atoms with Crippen molar-refractivity contribution >= 4 is 115 Å². The maximum atomic E-state index is 13.0. The number of anilines is 2. The van der Waals surface area contributed by atoms with Crippen LogP contribution in [-0.4, -0.2) is 105 Å². The molecule has 0 unspecified atom stereocenters. The number of amides is 2. The molecule has 0 saturated heterocycles. The van der Waals surface area contributed by atoms with E-state index in [-0.39, 0.29) is 79.0 Å². The van der Waals surface area contributed by atoms with Gasteiger partial charge in [0.2, 0.25) is 0 Å². The molecule has 11 rings (SSSR count). The number of nitrogens with two attached hydrogens (primary N) is 2. The van der Waals surface area contributed by atoms with Crippen molar-refractivity contribution in [3.05, 3.63) is 256 Å². The molecule has 0 fully saturated rings. The number of pyridine rings is 8. The zero-order valence-corrected chi connectivity index (χ0v) is 55.1. The molecule has 8 aromatic heterocycles. The number of ether oxygens (including phenoxy) is 2. The molecule has 0 atom stereocenters. The Labute approximate surface area is 583 Å². The second kappa shape index (κ2) is 33.7. The van der Waals surface area contributed by atoms with Crippen LogP contribution in [0.1, 0.15) is 137 Å². The van der Waals surface area contributed by atoms with Gasteiger partial charge in [-0.3, -0.25) is 24.5 Å². The largest absolute Gasteiger partial charge is 1.00 e. The van der Waals surface area contributed by atoms with Crippen molar-refractivity contribution in [1.29, 1.82) is 0 Å². The summed E-state index contributed by atoms with van der Waals surface area (Å²) in [5.74, 6) is -3.54. The number of carboxylic acids is 2. The number of benzene rings is 3. The molecule has 9 N–H and O–H groups in total. The van der Waals surface area contributed by atoms with Crippen molar-refractivity contribution in [3.8, 4) is 0 Å². The topological polar surface area (TPSA) is 371 Å². The van der Waals surface area contributed by atoms with Gasteiger partial charge in [-0.15, -0.1) is 0 Å². The maximum Gasteiger partial charge on any atom is 1.00 e. The minimum Gasteiger partial charge on any atom is -0.870 e. The van der Waals surface area contributed by atoms with Crippen LogP contribution in [-0.2, 0) is 41.8 Å². The summed E-state index contributed by atoms with van der Waals surface area (Å²) in [5, 5.41) is 28.7. The third kappa shape index (κ3) is 19.8. The number of carbonyl (C=O) groups is 6. The predicted octanol–water partition coefficient (Wildman–Crippen LogP) is 9.10. The second-order valence-corrected chi connectivity index (χ2v) is 22.9. The summed E-state index contributed by atoms with van der Waals surface area (Å²) in [6.45, 7) is 7.99. The average Bonchev–Trinajstić information content (AvgIpc) is 0.853.